The average molecular weight is 295 g/mol. The molecule has 4 nitrogen and oxygen atoms in total. The van der Waals surface area contributed by atoms with Crippen LogP contribution in [-0.4, -0.2) is 28.9 Å². The summed E-state index contributed by atoms with van der Waals surface area (Å²) in [4.78, 5) is 24.7. The second-order valence-corrected chi connectivity index (χ2v) is 7.15. The molecule has 1 saturated carbocycles. The molecule has 1 unspecified atom stereocenters. The van der Waals surface area contributed by atoms with E-state index in [1.54, 1.807) is 13.8 Å². The van der Waals surface area contributed by atoms with E-state index in [0.29, 0.717) is 5.57 Å². The van der Waals surface area contributed by atoms with E-state index in [0.717, 1.165) is 32.1 Å². The third-order valence-corrected chi connectivity index (χ3v) is 3.78. The maximum absolute atomic E-state index is 12.5. The topological polar surface area (TPSA) is 55.4 Å². The van der Waals surface area contributed by atoms with Crippen molar-refractivity contribution in [1.82, 2.24) is 5.32 Å². The van der Waals surface area contributed by atoms with E-state index in [-0.39, 0.29) is 11.8 Å². The molecule has 0 saturated heterocycles. The minimum atomic E-state index is -0.652. The van der Waals surface area contributed by atoms with Gasteiger partial charge in [-0.15, -0.1) is 0 Å². The first-order valence-electron chi connectivity index (χ1n) is 7.78. The van der Waals surface area contributed by atoms with Gasteiger partial charge in [-0.1, -0.05) is 25.8 Å². The lowest BCUT2D eigenvalue weighted by molar-refractivity contribution is -0.157. The van der Waals surface area contributed by atoms with E-state index in [1.807, 2.05) is 20.8 Å². The number of ether oxygens (including phenoxy) is 1. The first-order valence-corrected chi connectivity index (χ1v) is 7.78. The van der Waals surface area contributed by atoms with Crippen LogP contribution in [0.3, 0.4) is 0 Å². The molecule has 0 bridgehead atoms. The molecular formula is C17H29NO3. The number of hydrogen-bond acceptors (Lipinski definition) is 4. The molecule has 120 valence electrons. The summed E-state index contributed by atoms with van der Waals surface area (Å²) in [5, 5.41) is 3.25. The van der Waals surface area contributed by atoms with Gasteiger partial charge in [-0.05, 0) is 53.0 Å². The van der Waals surface area contributed by atoms with E-state index in [2.05, 4.69) is 11.9 Å². The molecule has 21 heavy (non-hydrogen) atoms. The zero-order chi connectivity index (χ0) is 16.3. The van der Waals surface area contributed by atoms with E-state index in [4.69, 9.17) is 4.74 Å². The third kappa shape index (κ3) is 4.95. The fraction of sp³-hybridized carbons (Fsp3) is 0.765. The van der Waals surface area contributed by atoms with Crippen molar-refractivity contribution >= 4 is 11.8 Å². The van der Waals surface area contributed by atoms with Gasteiger partial charge in [0.05, 0.1) is 5.54 Å². The minimum absolute atomic E-state index is 0.0256. The van der Waals surface area contributed by atoms with Crippen molar-refractivity contribution in [2.75, 3.05) is 0 Å². The van der Waals surface area contributed by atoms with Crippen LogP contribution < -0.4 is 5.32 Å². The predicted octanol–water partition coefficient (Wildman–Crippen LogP) is 3.15. The molecule has 0 amide bonds. The van der Waals surface area contributed by atoms with Gasteiger partial charge in [0.15, 0.2) is 5.78 Å². The normalized spacial score (nSPS) is 19.7. The van der Waals surface area contributed by atoms with Crippen LogP contribution in [-0.2, 0) is 14.3 Å². The van der Waals surface area contributed by atoms with Gasteiger partial charge < -0.3 is 4.74 Å². The molecule has 0 spiro atoms. The van der Waals surface area contributed by atoms with E-state index in [1.165, 1.54) is 0 Å². The quantitative estimate of drug-likeness (QED) is 0.625. The molecule has 0 aromatic carbocycles. The SMILES string of the molecule is C=C(C)C(=O)C1(NC(C)C(=O)OC(C)(C)C)CCCCC1. The monoisotopic (exact) mass is 295 g/mol. The number of rotatable bonds is 5. The summed E-state index contributed by atoms with van der Waals surface area (Å²) in [6, 6.07) is -0.509. The fourth-order valence-electron chi connectivity index (χ4n) is 2.86. The van der Waals surface area contributed by atoms with Gasteiger partial charge >= 0.3 is 5.97 Å². The lowest BCUT2D eigenvalue weighted by Gasteiger charge is -2.39. The Balaban J connectivity index is 2.84. The standard InChI is InChI=1S/C17H29NO3/c1-12(2)14(19)17(10-8-7-9-11-17)18-13(3)15(20)21-16(4,5)6/h13,18H,1,7-11H2,2-6H3. The molecule has 1 aliphatic carbocycles. The van der Waals surface area contributed by atoms with E-state index < -0.39 is 17.2 Å². The molecule has 0 aromatic heterocycles. The summed E-state index contributed by atoms with van der Waals surface area (Å²) < 4.78 is 5.39. The highest BCUT2D eigenvalue weighted by molar-refractivity contribution is 6.02. The van der Waals surface area contributed by atoms with Crippen LogP contribution in [0.1, 0.15) is 66.7 Å². The first-order chi connectivity index (χ1) is 9.57. The molecular weight excluding hydrogens is 266 g/mol. The number of carbonyl (C=O) groups is 2. The van der Waals surface area contributed by atoms with Crippen LogP contribution in [0, 0.1) is 0 Å². The second kappa shape index (κ2) is 6.73. The Morgan fingerprint density at radius 1 is 1.19 bits per heavy atom. The highest BCUT2D eigenvalue weighted by Crippen LogP contribution is 2.31. The molecule has 1 fully saturated rings. The van der Waals surface area contributed by atoms with Gasteiger partial charge in [-0.25, -0.2) is 0 Å². The Kier molecular flexibility index (Phi) is 5.74. The number of esters is 1. The average Bonchev–Trinajstić information content (AvgIpc) is 2.36. The van der Waals surface area contributed by atoms with Crippen LogP contribution in [0.5, 0.6) is 0 Å². The highest BCUT2D eigenvalue weighted by Gasteiger charge is 2.41. The Morgan fingerprint density at radius 3 is 2.14 bits per heavy atom. The number of nitrogens with one attached hydrogen (secondary N) is 1. The van der Waals surface area contributed by atoms with Crippen LogP contribution in [0.4, 0.5) is 0 Å². The van der Waals surface area contributed by atoms with Crippen LogP contribution in [0.2, 0.25) is 0 Å². The predicted molar refractivity (Wildman–Crippen MR) is 84.1 cm³/mol. The number of carbonyl (C=O) groups excluding carboxylic acids is 2. The Labute approximate surface area is 128 Å². The molecule has 0 radical (unpaired) electrons. The molecule has 0 heterocycles. The summed E-state index contributed by atoms with van der Waals surface area (Å²) >= 11 is 0. The molecule has 1 atom stereocenters. The number of Topliss-reactive ketones (excluding diaryl/α,β-unsaturated/α-hetero) is 1. The fourth-order valence-corrected chi connectivity index (χ4v) is 2.86. The summed E-state index contributed by atoms with van der Waals surface area (Å²) in [5.41, 5.74) is -0.633. The van der Waals surface area contributed by atoms with Crippen molar-refractivity contribution < 1.29 is 14.3 Å². The summed E-state index contributed by atoms with van der Waals surface area (Å²) in [5.74, 6) is -0.292. The van der Waals surface area contributed by atoms with Gasteiger partial charge in [0.25, 0.3) is 0 Å². The van der Waals surface area contributed by atoms with Crippen molar-refractivity contribution in [2.24, 2.45) is 0 Å². The Morgan fingerprint density at radius 2 is 1.71 bits per heavy atom. The van der Waals surface area contributed by atoms with Crippen molar-refractivity contribution in [3.63, 3.8) is 0 Å². The van der Waals surface area contributed by atoms with Crippen LogP contribution in [0.25, 0.3) is 0 Å². The second-order valence-electron chi connectivity index (χ2n) is 7.15. The smallest absolute Gasteiger partial charge is 0.323 e. The first kappa shape index (κ1) is 17.9. The third-order valence-electron chi connectivity index (χ3n) is 3.78. The Bertz CT molecular complexity index is 414. The summed E-state index contributed by atoms with van der Waals surface area (Å²) in [6.07, 6.45) is 4.63. The molecule has 0 aromatic rings. The molecule has 1 aliphatic rings. The molecule has 0 aliphatic heterocycles. The number of hydrogen-bond donors (Lipinski definition) is 1. The van der Waals surface area contributed by atoms with E-state index >= 15 is 0 Å². The van der Waals surface area contributed by atoms with Crippen LogP contribution >= 0.6 is 0 Å². The number of ketones is 1. The zero-order valence-corrected chi connectivity index (χ0v) is 14.0. The van der Waals surface area contributed by atoms with Crippen molar-refractivity contribution in [3.8, 4) is 0 Å². The van der Waals surface area contributed by atoms with Crippen molar-refractivity contribution in [3.05, 3.63) is 12.2 Å². The molecule has 1 N–H and O–H groups in total. The van der Waals surface area contributed by atoms with Crippen molar-refractivity contribution in [2.45, 2.75) is 83.9 Å². The van der Waals surface area contributed by atoms with Crippen LogP contribution in [0.15, 0.2) is 12.2 Å². The van der Waals surface area contributed by atoms with E-state index in [9.17, 15) is 9.59 Å². The van der Waals surface area contributed by atoms with Crippen molar-refractivity contribution in [1.29, 1.82) is 0 Å². The minimum Gasteiger partial charge on any atom is -0.459 e. The molecule has 4 heteroatoms. The summed E-state index contributed by atoms with van der Waals surface area (Å²) in [7, 11) is 0. The van der Waals surface area contributed by atoms with Gasteiger partial charge in [0.2, 0.25) is 0 Å². The van der Waals surface area contributed by atoms with Gasteiger partial charge in [0, 0.05) is 0 Å². The Hall–Kier alpha value is -1.16. The van der Waals surface area contributed by atoms with Gasteiger partial charge in [-0.2, -0.15) is 0 Å². The van der Waals surface area contributed by atoms with Gasteiger partial charge in [-0.3, -0.25) is 14.9 Å². The maximum atomic E-state index is 12.5. The zero-order valence-electron chi connectivity index (χ0n) is 14.0. The largest absolute Gasteiger partial charge is 0.459 e. The van der Waals surface area contributed by atoms with Gasteiger partial charge in [0.1, 0.15) is 11.6 Å². The lowest BCUT2D eigenvalue weighted by atomic mass is 9.76. The lowest BCUT2D eigenvalue weighted by Crippen LogP contribution is -2.58. The maximum Gasteiger partial charge on any atom is 0.323 e. The highest BCUT2D eigenvalue weighted by atomic mass is 16.6. The molecule has 1 rings (SSSR count). The summed E-state index contributed by atoms with van der Waals surface area (Å²) in [6.45, 7) is 12.8.